The molecule has 3 atom stereocenters. The summed E-state index contributed by atoms with van der Waals surface area (Å²) in [5, 5.41) is 12.1. The maximum absolute atomic E-state index is 13.2. The van der Waals surface area contributed by atoms with E-state index in [1.54, 1.807) is 14.0 Å². The molecule has 0 saturated heterocycles. The number of carboxylic acids is 1. The molecule has 7 nitrogen and oxygen atoms in total. The molecular weight excluding hydrogens is 432 g/mol. The molecule has 4 rings (SSSR count). The Kier molecular flexibility index (Phi) is 6.64. The van der Waals surface area contributed by atoms with Crippen LogP contribution < -0.4 is 5.32 Å². The second kappa shape index (κ2) is 9.49. The van der Waals surface area contributed by atoms with E-state index in [1.807, 2.05) is 31.2 Å². The Balaban J connectivity index is 1.40. The zero-order valence-corrected chi connectivity index (χ0v) is 19.9. The number of benzene rings is 2. The van der Waals surface area contributed by atoms with Crippen molar-refractivity contribution < 1.29 is 24.2 Å². The zero-order chi connectivity index (χ0) is 24.5. The summed E-state index contributed by atoms with van der Waals surface area (Å²) >= 11 is 0. The molecule has 2 aliphatic rings. The van der Waals surface area contributed by atoms with Crippen LogP contribution in [0.3, 0.4) is 0 Å². The van der Waals surface area contributed by atoms with Gasteiger partial charge in [-0.05, 0) is 42.0 Å². The fourth-order valence-corrected chi connectivity index (χ4v) is 5.44. The van der Waals surface area contributed by atoms with Gasteiger partial charge in [0, 0.05) is 25.6 Å². The van der Waals surface area contributed by atoms with Crippen LogP contribution in [0.25, 0.3) is 11.1 Å². The van der Waals surface area contributed by atoms with Crippen LogP contribution >= 0.6 is 0 Å². The van der Waals surface area contributed by atoms with E-state index in [4.69, 9.17) is 4.74 Å². The van der Waals surface area contributed by atoms with Gasteiger partial charge in [-0.3, -0.25) is 9.59 Å². The van der Waals surface area contributed by atoms with Crippen molar-refractivity contribution in [1.29, 1.82) is 0 Å². The van der Waals surface area contributed by atoms with Gasteiger partial charge in [-0.2, -0.15) is 0 Å². The van der Waals surface area contributed by atoms with Crippen molar-refractivity contribution in [1.82, 2.24) is 10.2 Å². The minimum Gasteiger partial charge on any atom is -0.481 e. The molecule has 0 aliphatic heterocycles. The predicted molar refractivity (Wildman–Crippen MR) is 128 cm³/mol. The number of amides is 2. The predicted octanol–water partition coefficient (Wildman–Crippen LogP) is 4.26. The highest BCUT2D eigenvalue weighted by atomic mass is 16.5. The third kappa shape index (κ3) is 4.39. The number of carbonyl (C=O) groups excluding carboxylic acids is 2. The molecule has 0 heterocycles. The third-order valence-electron chi connectivity index (χ3n) is 7.40. The highest BCUT2D eigenvalue weighted by molar-refractivity contribution is 5.85. The average Bonchev–Trinajstić information content (AvgIpc) is 3.35. The minimum absolute atomic E-state index is 0.0293. The second-order valence-electron chi connectivity index (χ2n) is 9.76. The van der Waals surface area contributed by atoms with Crippen molar-refractivity contribution in [2.45, 2.75) is 45.1 Å². The fourth-order valence-electron chi connectivity index (χ4n) is 5.44. The molecule has 0 bridgehead atoms. The normalized spacial score (nSPS) is 21.9. The summed E-state index contributed by atoms with van der Waals surface area (Å²) in [4.78, 5) is 38.7. The number of nitrogens with zero attached hydrogens (tertiary/aromatic N) is 1. The molecule has 1 fully saturated rings. The van der Waals surface area contributed by atoms with Gasteiger partial charge in [0.15, 0.2) is 0 Å². The summed E-state index contributed by atoms with van der Waals surface area (Å²) in [5.41, 5.74) is 3.83. The first-order chi connectivity index (χ1) is 16.2. The zero-order valence-electron chi connectivity index (χ0n) is 19.9. The van der Waals surface area contributed by atoms with E-state index in [0.717, 1.165) is 17.5 Å². The summed E-state index contributed by atoms with van der Waals surface area (Å²) < 4.78 is 5.68. The molecule has 7 heteroatoms. The van der Waals surface area contributed by atoms with Gasteiger partial charge in [0.05, 0.1) is 11.3 Å². The quantitative estimate of drug-likeness (QED) is 0.638. The molecule has 0 radical (unpaired) electrons. The van der Waals surface area contributed by atoms with Gasteiger partial charge in [-0.25, -0.2) is 4.79 Å². The Morgan fingerprint density at radius 2 is 1.71 bits per heavy atom. The van der Waals surface area contributed by atoms with Crippen LogP contribution in [0.2, 0.25) is 0 Å². The molecule has 3 unspecified atom stereocenters. The van der Waals surface area contributed by atoms with Gasteiger partial charge in [-0.1, -0.05) is 61.9 Å². The Morgan fingerprint density at radius 3 is 2.29 bits per heavy atom. The number of carbonyl (C=O) groups is 3. The molecule has 2 amide bonds. The van der Waals surface area contributed by atoms with Crippen molar-refractivity contribution in [2.75, 3.05) is 20.2 Å². The van der Waals surface area contributed by atoms with E-state index >= 15 is 0 Å². The number of rotatable bonds is 7. The summed E-state index contributed by atoms with van der Waals surface area (Å²) in [6.07, 6.45) is 1.58. The van der Waals surface area contributed by atoms with Crippen LogP contribution in [-0.2, 0) is 14.3 Å². The van der Waals surface area contributed by atoms with Crippen molar-refractivity contribution in [3.8, 4) is 11.1 Å². The van der Waals surface area contributed by atoms with E-state index in [-0.39, 0.29) is 31.0 Å². The van der Waals surface area contributed by atoms with E-state index < -0.39 is 23.4 Å². The van der Waals surface area contributed by atoms with E-state index in [1.165, 1.54) is 16.0 Å². The average molecular weight is 465 g/mol. The molecule has 2 aromatic carbocycles. The van der Waals surface area contributed by atoms with E-state index in [0.29, 0.717) is 12.8 Å². The highest BCUT2D eigenvalue weighted by Gasteiger charge is 2.47. The van der Waals surface area contributed by atoms with Crippen LogP contribution in [0.15, 0.2) is 48.5 Å². The molecular formula is C27H32N2O5. The fraction of sp³-hybridized carbons (Fsp3) is 0.444. The van der Waals surface area contributed by atoms with Gasteiger partial charge < -0.3 is 20.1 Å². The van der Waals surface area contributed by atoms with Crippen LogP contribution in [-0.4, -0.2) is 54.2 Å². The summed E-state index contributed by atoms with van der Waals surface area (Å²) in [6.45, 7) is 3.77. The van der Waals surface area contributed by atoms with E-state index in [2.05, 4.69) is 29.6 Å². The first kappa shape index (κ1) is 23.8. The Labute approximate surface area is 200 Å². The maximum atomic E-state index is 13.2. The lowest BCUT2D eigenvalue weighted by atomic mass is 9.83. The van der Waals surface area contributed by atoms with Crippen molar-refractivity contribution in [3.05, 3.63) is 59.7 Å². The van der Waals surface area contributed by atoms with Gasteiger partial charge in [-0.15, -0.1) is 0 Å². The highest BCUT2D eigenvalue weighted by Crippen LogP contribution is 2.44. The number of hydrogen-bond donors (Lipinski definition) is 2. The third-order valence-corrected chi connectivity index (χ3v) is 7.40. The van der Waals surface area contributed by atoms with Crippen LogP contribution in [0.5, 0.6) is 0 Å². The lowest BCUT2D eigenvalue weighted by Gasteiger charge is -2.35. The van der Waals surface area contributed by atoms with E-state index in [9.17, 15) is 19.5 Å². The summed E-state index contributed by atoms with van der Waals surface area (Å²) in [7, 11) is 1.62. The van der Waals surface area contributed by atoms with Crippen molar-refractivity contribution in [2.24, 2.45) is 11.3 Å². The van der Waals surface area contributed by atoms with Gasteiger partial charge in [0.1, 0.15) is 6.61 Å². The first-order valence-electron chi connectivity index (χ1n) is 11.8. The largest absolute Gasteiger partial charge is 0.481 e. The van der Waals surface area contributed by atoms with Gasteiger partial charge in [0.25, 0.3) is 0 Å². The number of nitrogens with one attached hydrogen (secondary N) is 1. The number of ether oxygens (including phenoxy) is 1. The lowest BCUT2D eigenvalue weighted by molar-refractivity contribution is -0.145. The number of fused-ring (bicyclic) bond motifs is 3. The van der Waals surface area contributed by atoms with Crippen LogP contribution in [0.4, 0.5) is 4.79 Å². The van der Waals surface area contributed by atoms with Gasteiger partial charge in [0.2, 0.25) is 5.91 Å². The Hall–Kier alpha value is -3.35. The molecule has 1 saturated carbocycles. The monoisotopic (exact) mass is 464 g/mol. The Bertz CT molecular complexity index is 1050. The maximum Gasteiger partial charge on any atom is 0.407 e. The molecule has 0 spiro atoms. The summed E-state index contributed by atoms with van der Waals surface area (Å²) in [6, 6.07) is 16.0. The SMILES string of the molecule is CC(CN(C)C(=O)C1(C)CCCC1NC(=O)OCC1c2ccccc2-c2ccccc21)C(=O)O. The number of aliphatic carboxylic acids is 1. The lowest BCUT2D eigenvalue weighted by Crippen LogP contribution is -2.52. The smallest absolute Gasteiger partial charge is 0.407 e. The number of hydrogen-bond acceptors (Lipinski definition) is 4. The number of alkyl carbamates (subject to hydrolysis) is 1. The van der Waals surface area contributed by atoms with Gasteiger partial charge >= 0.3 is 12.1 Å². The molecule has 180 valence electrons. The molecule has 2 aliphatic carbocycles. The van der Waals surface area contributed by atoms with Crippen LogP contribution in [0.1, 0.15) is 50.2 Å². The molecule has 2 aromatic rings. The van der Waals surface area contributed by atoms with Crippen LogP contribution in [0, 0.1) is 11.3 Å². The standard InChI is InChI=1S/C27H32N2O5/c1-17(24(30)31)15-29(3)25(32)27(2)14-8-13-23(27)28-26(33)34-16-22-20-11-6-4-9-18(20)19-10-5-7-12-21(19)22/h4-7,9-12,17,22-23H,8,13-16H2,1-3H3,(H,28,33)(H,30,31). The topological polar surface area (TPSA) is 95.9 Å². The molecule has 34 heavy (non-hydrogen) atoms. The molecule has 0 aromatic heterocycles. The minimum atomic E-state index is -0.940. The van der Waals surface area contributed by atoms with Crippen molar-refractivity contribution >= 4 is 18.0 Å². The first-order valence-corrected chi connectivity index (χ1v) is 11.8. The summed E-state index contributed by atoms with van der Waals surface area (Å²) in [5.74, 6) is -1.78. The molecule has 2 N–H and O–H groups in total. The Morgan fingerprint density at radius 1 is 1.12 bits per heavy atom. The second-order valence-corrected chi connectivity index (χ2v) is 9.76. The number of carboxylic acid groups (broad SMARTS) is 1. The van der Waals surface area contributed by atoms with Crippen molar-refractivity contribution in [3.63, 3.8) is 0 Å².